The molecule has 4 N–H and O–H groups in total. The number of para-hydroxylation sites is 1. The first-order valence-corrected chi connectivity index (χ1v) is 13.6. The number of hydrogen-bond donors (Lipinski definition) is 3. The van der Waals surface area contributed by atoms with E-state index in [0.717, 1.165) is 18.4 Å². The fourth-order valence-electron chi connectivity index (χ4n) is 4.29. The third-order valence-electron chi connectivity index (χ3n) is 6.99. The van der Waals surface area contributed by atoms with E-state index < -0.39 is 29.2 Å². The first-order valence-electron chi connectivity index (χ1n) is 12.5. The van der Waals surface area contributed by atoms with E-state index in [1.54, 1.807) is 34.8 Å². The molecule has 1 aromatic heterocycles. The molecule has 1 atom stereocenters. The van der Waals surface area contributed by atoms with E-state index in [0.29, 0.717) is 44.1 Å². The van der Waals surface area contributed by atoms with Crippen molar-refractivity contribution in [3.05, 3.63) is 70.6 Å². The van der Waals surface area contributed by atoms with E-state index in [1.165, 1.54) is 10.7 Å². The Kier molecular flexibility index (Phi) is 7.75. The number of halogens is 1. The van der Waals surface area contributed by atoms with Gasteiger partial charge in [-0.25, -0.2) is 0 Å². The number of piperazine rings is 1. The lowest BCUT2D eigenvalue weighted by atomic mass is 10.1. The number of alkyl halides is 1. The van der Waals surface area contributed by atoms with Gasteiger partial charge in [0.2, 0.25) is 5.75 Å². The highest BCUT2D eigenvalue weighted by molar-refractivity contribution is 7.87. The highest BCUT2D eigenvalue weighted by atomic mass is 32.2. The van der Waals surface area contributed by atoms with Crippen molar-refractivity contribution in [1.82, 2.24) is 18.8 Å². The van der Waals surface area contributed by atoms with E-state index >= 15 is 0 Å². The quantitative estimate of drug-likeness (QED) is 0.200. The summed E-state index contributed by atoms with van der Waals surface area (Å²) in [6.07, 6.45) is 3.09. The number of nitrogens with zero attached hydrogens (tertiary/aromatic N) is 4. The van der Waals surface area contributed by atoms with Crippen LogP contribution in [-0.4, -0.2) is 63.2 Å². The van der Waals surface area contributed by atoms with Crippen LogP contribution < -0.4 is 25.7 Å². The van der Waals surface area contributed by atoms with Gasteiger partial charge in [-0.15, -0.1) is 9.03 Å². The first-order chi connectivity index (χ1) is 18.4. The summed E-state index contributed by atoms with van der Waals surface area (Å²) >= 11 is -1.45. The van der Waals surface area contributed by atoms with E-state index in [-0.39, 0.29) is 23.8 Å². The Morgan fingerprint density at radius 2 is 1.89 bits per heavy atom. The summed E-state index contributed by atoms with van der Waals surface area (Å²) in [4.78, 5) is 15.4. The summed E-state index contributed by atoms with van der Waals surface area (Å²) in [5.74, 6) is 0.142. The molecule has 202 valence electrons. The van der Waals surface area contributed by atoms with Crippen LogP contribution in [0.1, 0.15) is 18.4 Å². The Morgan fingerprint density at radius 3 is 2.55 bits per heavy atom. The molecule has 1 aliphatic heterocycles. The summed E-state index contributed by atoms with van der Waals surface area (Å²) < 4.78 is 38.4. The van der Waals surface area contributed by atoms with Crippen LogP contribution in [0.15, 0.2) is 59.5 Å². The van der Waals surface area contributed by atoms with Crippen LogP contribution in [0.5, 0.6) is 11.5 Å². The van der Waals surface area contributed by atoms with E-state index in [4.69, 9.17) is 10.5 Å². The van der Waals surface area contributed by atoms with Gasteiger partial charge >= 0.3 is 5.56 Å². The van der Waals surface area contributed by atoms with Gasteiger partial charge in [0, 0.05) is 18.5 Å². The number of phenols is 1. The Labute approximate surface area is 223 Å². The van der Waals surface area contributed by atoms with Gasteiger partial charge in [-0.1, -0.05) is 24.3 Å². The predicted octanol–water partition coefficient (Wildman–Crippen LogP) is 2.14. The van der Waals surface area contributed by atoms with Crippen LogP contribution in [-0.2, 0) is 18.1 Å². The molecule has 2 heterocycles. The van der Waals surface area contributed by atoms with Gasteiger partial charge in [0.05, 0.1) is 50.5 Å². The number of anilines is 2. The molecule has 3 aromatic rings. The second kappa shape index (κ2) is 11.2. The Bertz CT molecular complexity index is 1310. The molecule has 0 radical (unpaired) electrons. The van der Waals surface area contributed by atoms with Crippen molar-refractivity contribution < 1.29 is 18.8 Å². The van der Waals surface area contributed by atoms with Crippen molar-refractivity contribution in [1.29, 1.82) is 0 Å². The molecular formula is C26H31FN6O4S. The molecule has 1 saturated carbocycles. The average molecular weight is 543 g/mol. The maximum absolute atomic E-state index is 13.5. The minimum absolute atomic E-state index is 0.0105. The lowest BCUT2D eigenvalue weighted by Crippen LogP contribution is -2.52. The molecule has 2 aromatic carbocycles. The third kappa shape index (κ3) is 5.73. The van der Waals surface area contributed by atoms with Gasteiger partial charge in [0.25, 0.3) is 0 Å². The number of aromatic hydroxyl groups is 1. The van der Waals surface area contributed by atoms with Gasteiger partial charge < -0.3 is 25.0 Å². The molecule has 38 heavy (non-hydrogen) atoms. The first kappa shape index (κ1) is 26.3. The second-order valence-electron chi connectivity index (χ2n) is 9.71. The molecule has 12 heteroatoms. The van der Waals surface area contributed by atoms with Crippen LogP contribution in [0, 0.1) is 5.41 Å². The van der Waals surface area contributed by atoms with Crippen LogP contribution >= 0.6 is 0 Å². The van der Waals surface area contributed by atoms with Gasteiger partial charge in [0.15, 0.2) is 0 Å². The molecule has 2 fully saturated rings. The maximum atomic E-state index is 13.5. The zero-order valence-electron chi connectivity index (χ0n) is 20.9. The van der Waals surface area contributed by atoms with Gasteiger partial charge in [-0.2, -0.15) is 9.78 Å². The van der Waals surface area contributed by atoms with E-state index in [2.05, 4.69) is 9.82 Å². The summed E-state index contributed by atoms with van der Waals surface area (Å²) in [6, 6.07) is 14.0. The smallest absolute Gasteiger partial charge is 0.316 e. The van der Waals surface area contributed by atoms with E-state index in [9.17, 15) is 18.8 Å². The Balaban J connectivity index is 1.27. The Morgan fingerprint density at radius 1 is 1.16 bits per heavy atom. The fourth-order valence-corrected chi connectivity index (χ4v) is 5.26. The standard InChI is InChI=1S/C26H31FN6O4S/c27-17-26(8-9-26)18-37-24-22(16-29-33(25(24)35)20-4-2-1-3-5-20)31-10-12-32(13-11-31)38(36)30-15-19-6-7-21(28)23(34)14-19/h1-7,14,16,30,34H,8-13,15,17-18,28H2. The second-order valence-corrected chi connectivity index (χ2v) is 11.0. The molecule has 0 spiro atoms. The van der Waals surface area contributed by atoms with Gasteiger partial charge in [-0.05, 0) is 42.7 Å². The minimum atomic E-state index is -1.45. The lowest BCUT2D eigenvalue weighted by Gasteiger charge is -2.35. The molecule has 1 saturated heterocycles. The molecule has 10 nitrogen and oxygen atoms in total. The van der Waals surface area contributed by atoms with Crippen molar-refractivity contribution in [2.45, 2.75) is 19.4 Å². The normalized spacial score (nSPS) is 17.8. The largest absolute Gasteiger partial charge is 0.579 e. The summed E-state index contributed by atoms with van der Waals surface area (Å²) in [7, 11) is 0. The van der Waals surface area contributed by atoms with Gasteiger partial charge in [0.1, 0.15) is 23.0 Å². The molecule has 0 bridgehead atoms. The lowest BCUT2D eigenvalue weighted by molar-refractivity contribution is 0.197. The maximum Gasteiger partial charge on any atom is 0.316 e. The Hall–Kier alpha value is -3.32. The summed E-state index contributed by atoms with van der Waals surface area (Å²) in [6.45, 7) is 1.91. The molecular weight excluding hydrogens is 511 g/mol. The number of phenolic OH excluding ortho intramolecular Hbond substituents is 1. The summed E-state index contributed by atoms with van der Waals surface area (Å²) in [5, 5.41) is 14.2. The highest BCUT2D eigenvalue weighted by Gasteiger charge is 2.44. The number of ether oxygens (including phenoxy) is 1. The number of nitrogens with two attached hydrogens (primary N) is 1. The molecule has 1 aliphatic carbocycles. The third-order valence-corrected chi connectivity index (χ3v) is 8.21. The monoisotopic (exact) mass is 542 g/mol. The van der Waals surface area contributed by atoms with Crippen molar-refractivity contribution in [2.24, 2.45) is 5.41 Å². The zero-order valence-corrected chi connectivity index (χ0v) is 21.7. The van der Waals surface area contributed by atoms with Crippen molar-refractivity contribution >= 4 is 22.9 Å². The van der Waals surface area contributed by atoms with Crippen molar-refractivity contribution in [2.75, 3.05) is 50.1 Å². The fraction of sp³-hybridized carbons (Fsp3) is 0.385. The number of nitrogens with one attached hydrogen (secondary N) is 1. The SMILES string of the molecule is Nc1ccc(CN[S+]([O-])N2CCN(c3cnn(-c4ccccc4)c(=O)c3OCC3(CF)CC3)CC2)cc1O. The summed E-state index contributed by atoms with van der Waals surface area (Å²) in [5.41, 5.74) is 6.94. The molecule has 1 unspecified atom stereocenters. The number of hydrogen-bond acceptors (Lipinski definition) is 9. The van der Waals surface area contributed by atoms with Crippen molar-refractivity contribution in [3.8, 4) is 17.2 Å². The zero-order chi connectivity index (χ0) is 26.7. The van der Waals surface area contributed by atoms with Crippen LogP contribution in [0.3, 0.4) is 0 Å². The average Bonchev–Trinajstić information content (AvgIpc) is 3.73. The number of aromatic nitrogens is 2. The van der Waals surface area contributed by atoms with Crippen LogP contribution in [0.4, 0.5) is 15.8 Å². The molecule has 5 rings (SSSR count). The minimum Gasteiger partial charge on any atom is -0.579 e. The van der Waals surface area contributed by atoms with E-state index in [1.807, 2.05) is 23.1 Å². The number of rotatable bonds is 10. The van der Waals surface area contributed by atoms with Crippen LogP contribution in [0.25, 0.3) is 5.69 Å². The van der Waals surface area contributed by atoms with Gasteiger partial charge in [-0.3, -0.25) is 9.18 Å². The van der Waals surface area contributed by atoms with Crippen LogP contribution in [0.2, 0.25) is 0 Å². The van der Waals surface area contributed by atoms with Crippen molar-refractivity contribution in [3.63, 3.8) is 0 Å². The molecule has 2 aliphatic rings. The number of benzene rings is 2. The molecule has 0 amide bonds. The highest BCUT2D eigenvalue weighted by Crippen LogP contribution is 2.46. The number of nitrogen functional groups attached to an aromatic ring is 1. The topological polar surface area (TPSA) is 132 Å². The predicted molar refractivity (Wildman–Crippen MR) is 144 cm³/mol.